The number of ether oxygens (including phenoxy) is 1. The number of amides is 2. The van der Waals surface area contributed by atoms with E-state index in [1.54, 1.807) is 25.3 Å². The summed E-state index contributed by atoms with van der Waals surface area (Å²) in [7, 11) is 1.56. The van der Waals surface area contributed by atoms with Gasteiger partial charge in [0.25, 0.3) is 11.8 Å². The van der Waals surface area contributed by atoms with E-state index in [9.17, 15) is 9.59 Å². The number of carbonyl (C=O) groups excluding carboxylic acids is 2. The Kier molecular flexibility index (Phi) is 4.86. The van der Waals surface area contributed by atoms with Crippen LogP contribution in [0.5, 0.6) is 5.75 Å². The fourth-order valence-electron chi connectivity index (χ4n) is 3.33. The van der Waals surface area contributed by atoms with Crippen molar-refractivity contribution in [2.24, 2.45) is 0 Å². The Balaban J connectivity index is 1.86. The topological polar surface area (TPSA) is 58.6 Å². The summed E-state index contributed by atoms with van der Waals surface area (Å²) in [5, 5.41) is 4.54. The average Bonchev–Trinajstić information content (AvgIpc) is 2.72. The summed E-state index contributed by atoms with van der Waals surface area (Å²) < 4.78 is 5.48. The predicted molar refractivity (Wildman–Crippen MR) is 118 cm³/mol. The number of aryl methyl sites for hydroxylation is 1. The molecule has 3 aromatic carbocycles. The average molecular weight is 402 g/mol. The first kappa shape index (κ1) is 18.8. The number of nitrogens with zero attached hydrogens (tertiary/aromatic N) is 1. The Hall–Kier alpha value is -3.51. The minimum atomic E-state index is -0.529. The summed E-state index contributed by atoms with van der Waals surface area (Å²) in [6.07, 6.45) is 1.57. The molecule has 0 aromatic heterocycles. The number of thiocarbonyl (C=S) groups is 1. The first-order valence-corrected chi connectivity index (χ1v) is 9.44. The molecule has 3 aromatic rings. The molecular formula is C23H18N2O3S. The second-order valence-electron chi connectivity index (χ2n) is 6.70. The van der Waals surface area contributed by atoms with E-state index >= 15 is 0 Å². The van der Waals surface area contributed by atoms with Gasteiger partial charge in [-0.05, 0) is 54.2 Å². The normalized spacial score (nSPS) is 15.7. The van der Waals surface area contributed by atoms with Gasteiger partial charge in [0.1, 0.15) is 11.3 Å². The van der Waals surface area contributed by atoms with Crippen molar-refractivity contribution in [3.8, 4) is 5.75 Å². The number of fused-ring (bicyclic) bond motifs is 1. The van der Waals surface area contributed by atoms with Gasteiger partial charge in [-0.1, -0.05) is 48.0 Å². The first-order valence-electron chi connectivity index (χ1n) is 9.03. The van der Waals surface area contributed by atoms with Crippen LogP contribution in [0.1, 0.15) is 11.1 Å². The van der Waals surface area contributed by atoms with E-state index in [-0.39, 0.29) is 10.7 Å². The Morgan fingerprint density at radius 1 is 1.00 bits per heavy atom. The van der Waals surface area contributed by atoms with Gasteiger partial charge in [-0.3, -0.25) is 19.8 Å². The molecule has 0 spiro atoms. The number of rotatable bonds is 3. The summed E-state index contributed by atoms with van der Waals surface area (Å²) in [5.74, 6) is -0.428. The lowest BCUT2D eigenvalue weighted by Gasteiger charge is -2.29. The molecule has 0 radical (unpaired) electrons. The van der Waals surface area contributed by atoms with E-state index in [0.29, 0.717) is 17.0 Å². The lowest BCUT2D eigenvalue weighted by molar-refractivity contribution is -0.122. The molecule has 0 atom stereocenters. The minimum Gasteiger partial charge on any atom is -0.496 e. The lowest BCUT2D eigenvalue weighted by Crippen LogP contribution is -2.54. The first-order chi connectivity index (χ1) is 14.0. The van der Waals surface area contributed by atoms with Gasteiger partial charge in [-0.15, -0.1) is 0 Å². The molecule has 6 heteroatoms. The third-order valence-electron chi connectivity index (χ3n) is 4.83. The Morgan fingerprint density at radius 2 is 1.72 bits per heavy atom. The van der Waals surface area contributed by atoms with E-state index in [1.165, 1.54) is 4.90 Å². The SMILES string of the molecule is COc1ccc2ccccc2c1/C=C1\C(=O)NC(=S)N(c2ccc(C)cc2)C1=O. The molecule has 5 nitrogen and oxygen atoms in total. The molecular weight excluding hydrogens is 384 g/mol. The van der Waals surface area contributed by atoms with Crippen molar-refractivity contribution in [2.75, 3.05) is 12.0 Å². The molecule has 2 amide bonds. The molecule has 1 heterocycles. The second kappa shape index (κ2) is 7.48. The van der Waals surface area contributed by atoms with E-state index in [2.05, 4.69) is 5.32 Å². The number of anilines is 1. The smallest absolute Gasteiger partial charge is 0.270 e. The molecule has 1 N–H and O–H groups in total. The van der Waals surface area contributed by atoms with Crippen LogP contribution in [0.4, 0.5) is 5.69 Å². The van der Waals surface area contributed by atoms with Crippen molar-refractivity contribution in [3.05, 3.63) is 77.4 Å². The highest BCUT2D eigenvalue weighted by Gasteiger charge is 2.34. The molecule has 144 valence electrons. The number of benzene rings is 3. The van der Waals surface area contributed by atoms with Crippen LogP contribution in [-0.2, 0) is 9.59 Å². The van der Waals surface area contributed by atoms with Gasteiger partial charge in [0.2, 0.25) is 0 Å². The molecule has 0 aliphatic carbocycles. The number of nitrogens with one attached hydrogen (secondary N) is 1. The van der Waals surface area contributed by atoms with Gasteiger partial charge < -0.3 is 4.74 Å². The lowest BCUT2D eigenvalue weighted by atomic mass is 9.99. The van der Waals surface area contributed by atoms with Gasteiger partial charge in [0.05, 0.1) is 12.8 Å². The van der Waals surface area contributed by atoms with Crippen molar-refractivity contribution in [3.63, 3.8) is 0 Å². The molecule has 1 aliphatic rings. The third-order valence-corrected chi connectivity index (χ3v) is 5.12. The molecule has 0 unspecified atom stereocenters. The summed E-state index contributed by atoms with van der Waals surface area (Å²) in [6.45, 7) is 1.96. The summed E-state index contributed by atoms with van der Waals surface area (Å²) >= 11 is 5.26. The number of hydrogen-bond acceptors (Lipinski definition) is 4. The van der Waals surface area contributed by atoms with Crippen LogP contribution in [0, 0.1) is 6.92 Å². The van der Waals surface area contributed by atoms with Gasteiger partial charge in [-0.25, -0.2) is 0 Å². The molecule has 1 saturated heterocycles. The van der Waals surface area contributed by atoms with Crippen LogP contribution in [0.3, 0.4) is 0 Å². The fourth-order valence-corrected chi connectivity index (χ4v) is 3.61. The fraction of sp³-hybridized carbons (Fsp3) is 0.0870. The van der Waals surface area contributed by atoms with Crippen LogP contribution in [0.15, 0.2) is 66.2 Å². The van der Waals surface area contributed by atoms with Crippen LogP contribution in [-0.4, -0.2) is 24.0 Å². The van der Waals surface area contributed by atoms with Crippen LogP contribution in [0.2, 0.25) is 0 Å². The summed E-state index contributed by atoms with van der Waals surface area (Å²) in [5.41, 5.74) is 2.32. The maximum Gasteiger partial charge on any atom is 0.270 e. The highest BCUT2D eigenvalue weighted by atomic mass is 32.1. The zero-order valence-electron chi connectivity index (χ0n) is 15.9. The van der Waals surface area contributed by atoms with Crippen molar-refractivity contribution in [1.29, 1.82) is 0 Å². The zero-order chi connectivity index (χ0) is 20.5. The second-order valence-corrected chi connectivity index (χ2v) is 7.08. The quantitative estimate of drug-likeness (QED) is 0.409. The Bertz CT molecular complexity index is 1180. The number of methoxy groups -OCH3 is 1. The minimum absolute atomic E-state index is 0.00571. The maximum absolute atomic E-state index is 13.2. The monoisotopic (exact) mass is 402 g/mol. The third kappa shape index (κ3) is 3.39. The van der Waals surface area contributed by atoms with Gasteiger partial charge in [0, 0.05) is 5.56 Å². The summed E-state index contributed by atoms with van der Waals surface area (Å²) in [6, 6.07) is 18.9. The molecule has 1 aliphatic heterocycles. The van der Waals surface area contributed by atoms with Crippen LogP contribution in [0.25, 0.3) is 16.8 Å². The van der Waals surface area contributed by atoms with E-state index in [1.807, 2.05) is 55.5 Å². The van der Waals surface area contributed by atoms with E-state index < -0.39 is 11.8 Å². The van der Waals surface area contributed by atoms with Crippen molar-refractivity contribution in [1.82, 2.24) is 5.32 Å². The van der Waals surface area contributed by atoms with Crippen molar-refractivity contribution >= 4 is 51.7 Å². The highest BCUT2D eigenvalue weighted by Crippen LogP contribution is 2.31. The Morgan fingerprint density at radius 3 is 2.45 bits per heavy atom. The number of carbonyl (C=O) groups is 2. The largest absolute Gasteiger partial charge is 0.496 e. The van der Waals surface area contributed by atoms with Gasteiger partial charge in [0.15, 0.2) is 5.11 Å². The van der Waals surface area contributed by atoms with Crippen molar-refractivity contribution in [2.45, 2.75) is 6.92 Å². The highest BCUT2D eigenvalue weighted by molar-refractivity contribution is 7.80. The van der Waals surface area contributed by atoms with Crippen LogP contribution < -0.4 is 15.0 Å². The predicted octanol–water partition coefficient (Wildman–Crippen LogP) is 3.99. The molecule has 29 heavy (non-hydrogen) atoms. The van der Waals surface area contributed by atoms with Gasteiger partial charge in [-0.2, -0.15) is 0 Å². The standard InChI is InChI=1S/C23H18N2O3S/c1-14-7-10-16(11-8-14)25-22(27)19(21(26)24-23(25)29)13-18-17-6-4-3-5-15(17)9-12-20(18)28-2/h3-13H,1-2H3,(H,24,26,29)/b19-13+. The Labute approximate surface area is 173 Å². The van der Waals surface area contributed by atoms with Crippen molar-refractivity contribution < 1.29 is 14.3 Å². The molecule has 0 saturated carbocycles. The van der Waals surface area contributed by atoms with E-state index in [0.717, 1.165) is 16.3 Å². The van der Waals surface area contributed by atoms with Gasteiger partial charge >= 0.3 is 0 Å². The van der Waals surface area contributed by atoms with E-state index in [4.69, 9.17) is 17.0 Å². The summed E-state index contributed by atoms with van der Waals surface area (Å²) in [4.78, 5) is 27.2. The zero-order valence-corrected chi connectivity index (χ0v) is 16.7. The molecule has 1 fully saturated rings. The van der Waals surface area contributed by atoms with Crippen LogP contribution >= 0.6 is 12.2 Å². The maximum atomic E-state index is 13.2. The molecule has 0 bridgehead atoms. The number of hydrogen-bond donors (Lipinski definition) is 1. The molecule has 4 rings (SSSR count).